The number of nitrogens with zero attached hydrogens (tertiary/aromatic N) is 2. The van der Waals surface area contributed by atoms with Crippen molar-refractivity contribution in [2.45, 2.75) is 13.3 Å². The summed E-state index contributed by atoms with van der Waals surface area (Å²) in [5.74, 6) is 0.670. The molecule has 0 unspecified atom stereocenters. The molecule has 1 N–H and O–H groups in total. The average Bonchev–Trinajstić information content (AvgIpc) is 2.74. The lowest BCUT2D eigenvalue weighted by Gasteiger charge is -2.03. The third kappa shape index (κ3) is 2.71. The summed E-state index contributed by atoms with van der Waals surface area (Å²) in [6.07, 6.45) is 2.81. The maximum absolute atomic E-state index is 5.89. The van der Waals surface area contributed by atoms with Gasteiger partial charge < -0.3 is 5.32 Å². The maximum Gasteiger partial charge on any atom is 0.223 e. The molecule has 84 valence electrons. The van der Waals surface area contributed by atoms with Crippen LogP contribution >= 0.6 is 22.9 Å². The van der Waals surface area contributed by atoms with Crippen molar-refractivity contribution in [3.63, 3.8) is 0 Å². The van der Waals surface area contributed by atoms with E-state index in [-0.39, 0.29) is 0 Å². The third-order valence-electron chi connectivity index (χ3n) is 2.01. The highest BCUT2D eigenvalue weighted by molar-refractivity contribution is 7.19. The Morgan fingerprint density at radius 3 is 2.94 bits per heavy atom. The van der Waals surface area contributed by atoms with Crippen LogP contribution in [0.15, 0.2) is 24.4 Å². The summed E-state index contributed by atoms with van der Waals surface area (Å²) >= 11 is 7.41. The first kappa shape index (κ1) is 11.4. The minimum Gasteiger partial charge on any atom is -0.354 e. The van der Waals surface area contributed by atoms with Crippen LogP contribution < -0.4 is 5.32 Å². The van der Waals surface area contributed by atoms with Gasteiger partial charge in [-0.2, -0.15) is 0 Å². The second-order valence-electron chi connectivity index (χ2n) is 3.30. The molecule has 2 heterocycles. The number of halogens is 1. The monoisotopic (exact) mass is 253 g/mol. The third-order valence-corrected chi connectivity index (χ3v) is 3.27. The Bertz CT molecular complexity index is 470. The standard InChI is InChI=1S/C11H12ClN3S/c1-2-6-13-11-14-7-5-8(15-11)9-3-4-10(12)16-9/h3-5,7H,2,6H2,1H3,(H,13,14,15). The van der Waals surface area contributed by atoms with Crippen molar-refractivity contribution in [2.24, 2.45) is 0 Å². The zero-order valence-corrected chi connectivity index (χ0v) is 10.5. The van der Waals surface area contributed by atoms with Crippen LogP contribution in [0.1, 0.15) is 13.3 Å². The molecule has 0 bridgehead atoms. The number of nitrogens with one attached hydrogen (secondary N) is 1. The van der Waals surface area contributed by atoms with E-state index in [0.29, 0.717) is 5.95 Å². The van der Waals surface area contributed by atoms with Crippen LogP contribution in [0.3, 0.4) is 0 Å². The largest absolute Gasteiger partial charge is 0.354 e. The minimum absolute atomic E-state index is 0.670. The summed E-state index contributed by atoms with van der Waals surface area (Å²) < 4.78 is 0.775. The summed E-state index contributed by atoms with van der Waals surface area (Å²) in [5, 5.41) is 3.16. The van der Waals surface area contributed by atoms with Crippen LogP contribution in [0.25, 0.3) is 10.6 Å². The lowest BCUT2D eigenvalue weighted by Crippen LogP contribution is -2.04. The van der Waals surface area contributed by atoms with Gasteiger partial charge >= 0.3 is 0 Å². The number of hydrogen-bond acceptors (Lipinski definition) is 4. The van der Waals surface area contributed by atoms with Gasteiger partial charge in [0.2, 0.25) is 5.95 Å². The molecule has 5 heteroatoms. The molecule has 0 aliphatic heterocycles. The topological polar surface area (TPSA) is 37.8 Å². The number of hydrogen-bond donors (Lipinski definition) is 1. The normalized spacial score (nSPS) is 10.4. The Morgan fingerprint density at radius 2 is 2.25 bits per heavy atom. The van der Waals surface area contributed by atoms with Crippen molar-refractivity contribution < 1.29 is 0 Å². The molecule has 0 aliphatic carbocycles. The van der Waals surface area contributed by atoms with Gasteiger partial charge in [0, 0.05) is 12.7 Å². The molecule has 0 spiro atoms. The van der Waals surface area contributed by atoms with Crippen molar-refractivity contribution in [1.82, 2.24) is 9.97 Å². The van der Waals surface area contributed by atoms with Gasteiger partial charge in [0.1, 0.15) is 0 Å². The lowest BCUT2D eigenvalue weighted by atomic mass is 10.3. The van der Waals surface area contributed by atoms with Gasteiger partial charge in [-0.1, -0.05) is 18.5 Å². The quantitative estimate of drug-likeness (QED) is 0.903. The summed E-state index contributed by atoms with van der Waals surface area (Å²) in [6, 6.07) is 5.74. The zero-order chi connectivity index (χ0) is 11.4. The molecule has 3 nitrogen and oxygen atoms in total. The molecule has 0 atom stereocenters. The van der Waals surface area contributed by atoms with E-state index in [1.807, 2.05) is 18.2 Å². The van der Waals surface area contributed by atoms with Crippen molar-refractivity contribution >= 4 is 28.9 Å². The van der Waals surface area contributed by atoms with Gasteiger partial charge in [-0.15, -0.1) is 11.3 Å². The predicted octanol–water partition coefficient (Wildman–Crippen LogP) is 3.68. The summed E-state index contributed by atoms with van der Waals surface area (Å²) in [6.45, 7) is 2.99. The molecule has 0 radical (unpaired) electrons. The second kappa shape index (κ2) is 5.27. The first-order chi connectivity index (χ1) is 7.79. The minimum atomic E-state index is 0.670. The Hall–Kier alpha value is -1.13. The molecule has 0 aliphatic rings. The molecule has 2 rings (SSSR count). The average molecular weight is 254 g/mol. The molecule has 2 aromatic rings. The fourth-order valence-corrected chi connectivity index (χ4v) is 2.28. The summed E-state index contributed by atoms with van der Waals surface area (Å²) in [4.78, 5) is 9.64. The predicted molar refractivity (Wildman–Crippen MR) is 69.1 cm³/mol. The van der Waals surface area contributed by atoms with Crippen molar-refractivity contribution in [3.05, 3.63) is 28.7 Å². The Labute approximate surface area is 104 Å². The van der Waals surface area contributed by atoms with Gasteiger partial charge in [0.25, 0.3) is 0 Å². The van der Waals surface area contributed by atoms with Gasteiger partial charge in [0.05, 0.1) is 14.9 Å². The lowest BCUT2D eigenvalue weighted by molar-refractivity contribution is 0.953. The van der Waals surface area contributed by atoms with Gasteiger partial charge in [0.15, 0.2) is 0 Å². The highest BCUT2D eigenvalue weighted by Gasteiger charge is 2.04. The first-order valence-electron chi connectivity index (χ1n) is 5.12. The van der Waals surface area contributed by atoms with Crippen LogP contribution in [0, 0.1) is 0 Å². The van der Waals surface area contributed by atoms with Crippen LogP contribution in [0.5, 0.6) is 0 Å². The van der Waals surface area contributed by atoms with E-state index in [9.17, 15) is 0 Å². The van der Waals surface area contributed by atoms with Crippen LogP contribution in [-0.4, -0.2) is 16.5 Å². The molecule has 0 saturated carbocycles. The highest BCUT2D eigenvalue weighted by atomic mass is 35.5. The van der Waals surface area contributed by atoms with E-state index in [1.165, 1.54) is 11.3 Å². The molecule has 0 aromatic carbocycles. The summed E-state index contributed by atoms with van der Waals surface area (Å²) in [5.41, 5.74) is 0.908. The Balaban J connectivity index is 2.22. The van der Waals surface area contributed by atoms with E-state index >= 15 is 0 Å². The molecule has 16 heavy (non-hydrogen) atoms. The molecular formula is C11H12ClN3S. The second-order valence-corrected chi connectivity index (χ2v) is 5.01. The van der Waals surface area contributed by atoms with E-state index in [2.05, 4.69) is 22.2 Å². The Morgan fingerprint density at radius 1 is 1.38 bits per heavy atom. The number of aromatic nitrogens is 2. The van der Waals surface area contributed by atoms with Gasteiger partial charge in [-0.05, 0) is 24.6 Å². The van der Waals surface area contributed by atoms with Gasteiger partial charge in [-0.3, -0.25) is 0 Å². The van der Waals surface area contributed by atoms with E-state index in [1.54, 1.807) is 6.20 Å². The molecule has 0 saturated heterocycles. The van der Waals surface area contributed by atoms with Crippen LogP contribution in [0.4, 0.5) is 5.95 Å². The van der Waals surface area contributed by atoms with Crippen molar-refractivity contribution in [3.8, 4) is 10.6 Å². The number of rotatable bonds is 4. The fraction of sp³-hybridized carbons (Fsp3) is 0.273. The summed E-state index contributed by atoms with van der Waals surface area (Å²) in [7, 11) is 0. The molecular weight excluding hydrogens is 242 g/mol. The SMILES string of the molecule is CCCNc1nccc(-c2ccc(Cl)s2)n1. The van der Waals surface area contributed by atoms with Gasteiger partial charge in [-0.25, -0.2) is 9.97 Å². The molecule has 2 aromatic heterocycles. The number of thiophene rings is 1. The molecule has 0 amide bonds. The maximum atomic E-state index is 5.89. The van der Waals surface area contributed by atoms with E-state index in [4.69, 9.17) is 11.6 Å². The van der Waals surface area contributed by atoms with E-state index in [0.717, 1.165) is 27.9 Å². The molecule has 0 fully saturated rings. The smallest absolute Gasteiger partial charge is 0.223 e. The van der Waals surface area contributed by atoms with Crippen molar-refractivity contribution in [2.75, 3.05) is 11.9 Å². The first-order valence-corrected chi connectivity index (χ1v) is 6.31. The van der Waals surface area contributed by atoms with Crippen LogP contribution in [-0.2, 0) is 0 Å². The van der Waals surface area contributed by atoms with Crippen LogP contribution in [0.2, 0.25) is 4.34 Å². The Kier molecular flexibility index (Phi) is 3.74. The number of anilines is 1. The zero-order valence-electron chi connectivity index (χ0n) is 8.90. The van der Waals surface area contributed by atoms with Crippen molar-refractivity contribution in [1.29, 1.82) is 0 Å². The highest BCUT2D eigenvalue weighted by Crippen LogP contribution is 2.29. The van der Waals surface area contributed by atoms with E-state index < -0.39 is 0 Å². The fourth-order valence-electron chi connectivity index (χ4n) is 1.27.